The SMILES string of the molecule is CC[C@@H](CCC(C)C)C(=O)N(c1cc(C#CC(C)(C)C)sc1C(=O)O)C1CCN(S(=O)(=O)c2cnc(=O)[nH]c2)CC1. The van der Waals surface area contributed by atoms with Crippen LogP contribution in [0.5, 0.6) is 0 Å². The molecule has 2 N–H and O–H groups in total. The molecular formula is C29H40N4O6S2. The number of piperidine rings is 1. The number of thiophene rings is 1. The lowest BCUT2D eigenvalue weighted by molar-refractivity contribution is -0.123. The number of carbonyl (C=O) groups excluding carboxylic acids is 1. The molecule has 0 spiro atoms. The van der Waals surface area contributed by atoms with Gasteiger partial charge >= 0.3 is 11.7 Å². The van der Waals surface area contributed by atoms with Gasteiger partial charge in [0, 0.05) is 36.7 Å². The number of aromatic carboxylic acids is 1. The van der Waals surface area contributed by atoms with E-state index in [0.29, 0.717) is 42.2 Å². The first-order valence-electron chi connectivity index (χ1n) is 13.9. The van der Waals surface area contributed by atoms with Crippen molar-refractivity contribution in [3.63, 3.8) is 0 Å². The Morgan fingerprint density at radius 3 is 2.41 bits per heavy atom. The van der Waals surface area contributed by atoms with Gasteiger partial charge in [-0.2, -0.15) is 4.31 Å². The van der Waals surface area contributed by atoms with Crippen molar-refractivity contribution in [2.45, 2.75) is 84.6 Å². The largest absolute Gasteiger partial charge is 0.477 e. The molecular weight excluding hydrogens is 564 g/mol. The van der Waals surface area contributed by atoms with Gasteiger partial charge in [-0.25, -0.2) is 23.0 Å². The number of hydrogen-bond donors (Lipinski definition) is 2. The van der Waals surface area contributed by atoms with E-state index in [-0.39, 0.29) is 40.1 Å². The Kier molecular flexibility index (Phi) is 10.6. The number of carboxylic acids is 1. The molecule has 0 radical (unpaired) electrons. The zero-order chi connectivity index (χ0) is 30.5. The highest BCUT2D eigenvalue weighted by molar-refractivity contribution is 7.89. The van der Waals surface area contributed by atoms with E-state index in [2.05, 4.69) is 35.7 Å². The van der Waals surface area contributed by atoms with Crippen LogP contribution in [-0.4, -0.2) is 58.8 Å². The standard InChI is InChI=1S/C29H40N4O6S2/c1-7-20(9-8-19(2)3)26(34)33(24-16-22(10-13-29(4,5)6)40-25(24)27(35)36)21-11-14-32(15-12-21)41(38,39)23-17-30-28(37)31-18-23/h16-21H,7-9,11-12,14-15H2,1-6H3,(H,35,36)(H,30,31,37)/t20-/m0/s1. The molecule has 0 saturated carbocycles. The summed E-state index contributed by atoms with van der Waals surface area (Å²) in [6, 6.07) is 1.29. The molecule has 1 amide bonds. The average Bonchev–Trinajstić information content (AvgIpc) is 3.32. The smallest absolute Gasteiger partial charge is 0.348 e. The van der Waals surface area contributed by atoms with E-state index < -0.39 is 27.7 Å². The quantitative estimate of drug-likeness (QED) is 0.378. The maximum absolute atomic E-state index is 14.1. The van der Waals surface area contributed by atoms with E-state index in [1.807, 2.05) is 27.7 Å². The van der Waals surface area contributed by atoms with Crippen molar-refractivity contribution in [2.75, 3.05) is 18.0 Å². The minimum atomic E-state index is -3.90. The molecule has 10 nitrogen and oxygen atoms in total. The van der Waals surface area contributed by atoms with Gasteiger partial charge < -0.3 is 15.0 Å². The Labute approximate surface area is 246 Å². The van der Waals surface area contributed by atoms with E-state index in [0.717, 1.165) is 30.2 Å². The third-order valence-electron chi connectivity index (χ3n) is 6.97. The number of aromatic amines is 1. The van der Waals surface area contributed by atoms with E-state index in [1.165, 1.54) is 4.31 Å². The van der Waals surface area contributed by atoms with Crippen molar-refractivity contribution >= 4 is 38.9 Å². The van der Waals surface area contributed by atoms with Crippen LogP contribution in [0.1, 0.15) is 88.2 Å². The number of nitrogens with one attached hydrogen (secondary N) is 1. The fourth-order valence-electron chi connectivity index (χ4n) is 4.71. The molecule has 0 unspecified atom stereocenters. The molecule has 1 aliphatic heterocycles. The van der Waals surface area contributed by atoms with Crippen molar-refractivity contribution in [1.29, 1.82) is 0 Å². The molecule has 0 bridgehead atoms. The summed E-state index contributed by atoms with van der Waals surface area (Å²) in [6.45, 7) is 12.3. The Morgan fingerprint density at radius 1 is 1.24 bits per heavy atom. The lowest BCUT2D eigenvalue weighted by Gasteiger charge is -2.39. The summed E-state index contributed by atoms with van der Waals surface area (Å²) in [5.74, 6) is 5.06. The highest BCUT2D eigenvalue weighted by Gasteiger charge is 2.38. The van der Waals surface area contributed by atoms with Gasteiger partial charge in [-0.3, -0.25) is 4.79 Å². The third kappa shape index (κ3) is 8.27. The topological polar surface area (TPSA) is 141 Å². The summed E-state index contributed by atoms with van der Waals surface area (Å²) >= 11 is 1.05. The first-order valence-corrected chi connectivity index (χ1v) is 16.2. The summed E-state index contributed by atoms with van der Waals surface area (Å²) in [7, 11) is -3.90. The number of carbonyl (C=O) groups is 2. The molecule has 41 heavy (non-hydrogen) atoms. The second-order valence-corrected chi connectivity index (χ2v) is 14.8. The predicted octanol–water partition coefficient (Wildman–Crippen LogP) is 4.58. The van der Waals surface area contributed by atoms with E-state index in [1.54, 1.807) is 11.0 Å². The summed E-state index contributed by atoms with van der Waals surface area (Å²) < 4.78 is 27.7. The summed E-state index contributed by atoms with van der Waals surface area (Å²) in [4.78, 5) is 45.8. The lowest BCUT2D eigenvalue weighted by Crippen LogP contribution is -2.50. The molecule has 3 rings (SSSR count). The Bertz CT molecular complexity index is 1450. The van der Waals surface area contributed by atoms with Gasteiger partial charge in [-0.1, -0.05) is 39.0 Å². The van der Waals surface area contributed by atoms with E-state index in [9.17, 15) is 27.9 Å². The van der Waals surface area contributed by atoms with E-state index in [4.69, 9.17) is 0 Å². The minimum absolute atomic E-state index is 0.0460. The number of carboxylic acid groups (broad SMARTS) is 1. The van der Waals surface area contributed by atoms with Gasteiger partial charge in [-0.15, -0.1) is 11.3 Å². The normalized spacial score (nSPS) is 15.8. The second kappa shape index (κ2) is 13.3. The third-order valence-corrected chi connectivity index (χ3v) is 9.86. The number of H-pyrrole nitrogens is 1. The van der Waals surface area contributed by atoms with Gasteiger partial charge in [0.15, 0.2) is 0 Å². The van der Waals surface area contributed by atoms with Crippen LogP contribution in [0.3, 0.4) is 0 Å². The van der Waals surface area contributed by atoms with Crippen LogP contribution < -0.4 is 10.6 Å². The van der Waals surface area contributed by atoms with Gasteiger partial charge in [0.05, 0.1) is 16.8 Å². The molecule has 1 atom stereocenters. The number of hydrogen-bond acceptors (Lipinski definition) is 7. The molecule has 2 aromatic heterocycles. The van der Waals surface area contributed by atoms with Crippen LogP contribution in [0.2, 0.25) is 0 Å². The lowest BCUT2D eigenvalue weighted by atomic mass is 9.92. The zero-order valence-electron chi connectivity index (χ0n) is 24.6. The van der Waals surface area contributed by atoms with Crippen LogP contribution in [0, 0.1) is 29.1 Å². The first kappa shape index (κ1) is 32.5. The highest BCUT2D eigenvalue weighted by Crippen LogP contribution is 2.36. The predicted molar refractivity (Wildman–Crippen MR) is 160 cm³/mol. The molecule has 3 heterocycles. The molecule has 0 aliphatic carbocycles. The summed E-state index contributed by atoms with van der Waals surface area (Å²) in [5.41, 5.74) is -0.608. The van der Waals surface area contributed by atoms with Crippen LogP contribution >= 0.6 is 11.3 Å². The maximum Gasteiger partial charge on any atom is 0.348 e. The number of anilines is 1. The second-order valence-electron chi connectivity index (χ2n) is 11.8. The Balaban J connectivity index is 1.99. The maximum atomic E-state index is 14.1. The number of rotatable bonds is 10. The molecule has 224 valence electrons. The number of amides is 1. The van der Waals surface area contributed by atoms with E-state index >= 15 is 0 Å². The number of nitrogens with zero attached hydrogens (tertiary/aromatic N) is 3. The zero-order valence-corrected chi connectivity index (χ0v) is 26.2. The van der Waals surface area contributed by atoms with Gasteiger partial charge in [0.1, 0.15) is 9.77 Å². The van der Waals surface area contributed by atoms with Crippen LogP contribution in [0.15, 0.2) is 28.2 Å². The minimum Gasteiger partial charge on any atom is -0.477 e. The van der Waals surface area contributed by atoms with Crippen molar-refractivity contribution < 1.29 is 23.1 Å². The van der Waals surface area contributed by atoms with Crippen molar-refractivity contribution in [1.82, 2.24) is 14.3 Å². The molecule has 2 aromatic rings. The molecule has 0 aromatic carbocycles. The molecule has 1 aliphatic rings. The summed E-state index contributed by atoms with van der Waals surface area (Å²) in [5, 5.41) is 10.1. The molecule has 1 fully saturated rings. The van der Waals surface area contributed by atoms with Crippen LogP contribution in [0.25, 0.3) is 0 Å². The van der Waals surface area contributed by atoms with Crippen LogP contribution in [0.4, 0.5) is 5.69 Å². The Morgan fingerprint density at radius 2 is 1.90 bits per heavy atom. The molecule has 12 heteroatoms. The van der Waals surface area contributed by atoms with Crippen molar-refractivity contribution in [3.05, 3.63) is 38.7 Å². The fraction of sp³-hybridized carbons (Fsp3) is 0.586. The summed E-state index contributed by atoms with van der Waals surface area (Å²) in [6.07, 6.45) is 4.94. The monoisotopic (exact) mass is 604 g/mol. The fourth-order valence-corrected chi connectivity index (χ4v) is 6.94. The first-order chi connectivity index (χ1) is 19.1. The molecule has 1 saturated heterocycles. The van der Waals surface area contributed by atoms with Gasteiger partial charge in [-0.05, 0) is 58.4 Å². The van der Waals surface area contributed by atoms with Crippen LogP contribution in [-0.2, 0) is 14.8 Å². The van der Waals surface area contributed by atoms with Crippen molar-refractivity contribution in [3.8, 4) is 11.8 Å². The van der Waals surface area contributed by atoms with Gasteiger partial charge in [0.25, 0.3) is 0 Å². The van der Waals surface area contributed by atoms with Gasteiger partial charge in [0.2, 0.25) is 15.9 Å². The van der Waals surface area contributed by atoms with Crippen molar-refractivity contribution in [2.24, 2.45) is 17.3 Å². The average molecular weight is 605 g/mol. The highest BCUT2D eigenvalue weighted by atomic mass is 32.2. The number of aromatic nitrogens is 2. The Hall–Kier alpha value is -3.01. The number of sulfonamides is 1.